The number of guanidine groups is 1. The molecule has 2 aromatic rings. The van der Waals surface area contributed by atoms with E-state index in [2.05, 4.69) is 26.4 Å². The zero-order chi connectivity index (χ0) is 21.1. The van der Waals surface area contributed by atoms with Gasteiger partial charge in [0.1, 0.15) is 11.5 Å². The van der Waals surface area contributed by atoms with E-state index in [1.54, 1.807) is 31.3 Å². The third-order valence-corrected chi connectivity index (χ3v) is 3.91. The molecule has 6 nitrogen and oxygen atoms in total. The summed E-state index contributed by atoms with van der Waals surface area (Å²) >= 11 is 0. The van der Waals surface area contributed by atoms with Crippen LogP contribution >= 0.6 is 24.0 Å². The second kappa shape index (κ2) is 13.6. The molecule has 0 radical (unpaired) electrons. The van der Waals surface area contributed by atoms with Crippen molar-refractivity contribution in [1.82, 2.24) is 10.6 Å². The molecular weight excluding hydrogens is 505 g/mol. The van der Waals surface area contributed by atoms with Gasteiger partial charge in [-0.1, -0.05) is 19.1 Å². The third-order valence-electron chi connectivity index (χ3n) is 3.91. The van der Waals surface area contributed by atoms with Gasteiger partial charge in [0.2, 0.25) is 0 Å². The second-order valence-corrected chi connectivity index (χ2v) is 6.09. The summed E-state index contributed by atoms with van der Waals surface area (Å²) in [5.74, 6) is 1.02. The normalized spacial score (nSPS) is 10.7. The van der Waals surface area contributed by atoms with Crippen LogP contribution in [0.4, 0.5) is 8.78 Å². The maximum absolute atomic E-state index is 12.8. The quantitative estimate of drug-likeness (QED) is 0.285. The highest BCUT2D eigenvalue weighted by atomic mass is 127. The number of alkyl halides is 2. The lowest BCUT2D eigenvalue weighted by Gasteiger charge is -2.16. The highest BCUT2D eigenvalue weighted by Gasteiger charge is 2.12. The molecule has 0 aromatic heterocycles. The van der Waals surface area contributed by atoms with E-state index >= 15 is 0 Å². The lowest BCUT2D eigenvalue weighted by Crippen LogP contribution is -2.36. The molecule has 0 aliphatic carbocycles. The van der Waals surface area contributed by atoms with Crippen LogP contribution in [-0.4, -0.2) is 26.2 Å². The Hall–Kier alpha value is -2.61. The minimum absolute atomic E-state index is 0. The van der Waals surface area contributed by atoms with Crippen LogP contribution in [0.5, 0.6) is 11.5 Å². The number of ether oxygens (including phenoxy) is 2. The van der Waals surface area contributed by atoms with E-state index in [-0.39, 0.29) is 36.3 Å². The van der Waals surface area contributed by atoms with Gasteiger partial charge in [-0.15, -0.1) is 24.0 Å². The Labute approximate surface area is 192 Å². The lowest BCUT2D eigenvalue weighted by molar-refractivity contribution is -0.0505. The summed E-state index contributed by atoms with van der Waals surface area (Å²) in [7, 11) is 1.61. The van der Waals surface area contributed by atoms with E-state index in [0.29, 0.717) is 36.0 Å². The molecule has 0 fully saturated rings. The minimum Gasteiger partial charge on any atom is -0.493 e. The summed E-state index contributed by atoms with van der Waals surface area (Å²) < 4.78 is 35.7. The zero-order valence-corrected chi connectivity index (χ0v) is 19.2. The van der Waals surface area contributed by atoms with Crippen molar-refractivity contribution in [2.75, 3.05) is 13.7 Å². The minimum atomic E-state index is -2.93. The summed E-state index contributed by atoms with van der Waals surface area (Å²) in [6, 6.07) is 14.2. The van der Waals surface area contributed by atoms with E-state index in [0.717, 1.165) is 12.0 Å². The molecule has 2 aromatic carbocycles. The SMILES string of the molecule is CCCOc1ccc(CNC(=NC)NCc2cccc(C#N)c2)c(OC(F)F)c1.I. The number of rotatable bonds is 9. The number of nitriles is 1. The van der Waals surface area contributed by atoms with Crippen molar-refractivity contribution in [1.29, 1.82) is 5.26 Å². The van der Waals surface area contributed by atoms with Gasteiger partial charge in [-0.25, -0.2) is 0 Å². The largest absolute Gasteiger partial charge is 0.493 e. The fraction of sp³-hybridized carbons (Fsp3) is 0.333. The predicted octanol–water partition coefficient (Wildman–Crippen LogP) is 4.43. The number of hydrogen-bond acceptors (Lipinski definition) is 4. The summed E-state index contributed by atoms with van der Waals surface area (Å²) in [5, 5.41) is 15.2. The van der Waals surface area contributed by atoms with Gasteiger partial charge in [0.25, 0.3) is 0 Å². The molecule has 30 heavy (non-hydrogen) atoms. The molecule has 2 N–H and O–H groups in total. The molecule has 0 amide bonds. The highest BCUT2D eigenvalue weighted by molar-refractivity contribution is 14.0. The summed E-state index contributed by atoms with van der Waals surface area (Å²) in [4.78, 5) is 4.13. The van der Waals surface area contributed by atoms with Crippen LogP contribution in [0.25, 0.3) is 0 Å². The Morgan fingerprint density at radius 2 is 1.93 bits per heavy atom. The monoisotopic (exact) mass is 530 g/mol. The molecular formula is C21H25F2IN4O2. The van der Waals surface area contributed by atoms with Gasteiger partial charge in [-0.3, -0.25) is 4.99 Å². The van der Waals surface area contributed by atoms with E-state index < -0.39 is 6.61 Å². The number of hydrogen-bond donors (Lipinski definition) is 2. The number of halogens is 3. The zero-order valence-electron chi connectivity index (χ0n) is 16.8. The van der Waals surface area contributed by atoms with Crippen molar-refractivity contribution < 1.29 is 18.3 Å². The fourth-order valence-corrected chi connectivity index (χ4v) is 2.53. The van der Waals surface area contributed by atoms with Crippen molar-refractivity contribution in [2.45, 2.75) is 33.0 Å². The summed E-state index contributed by atoms with van der Waals surface area (Å²) in [6.45, 7) is 0.215. The first kappa shape index (κ1) is 25.4. The van der Waals surface area contributed by atoms with Gasteiger partial charge < -0.3 is 20.1 Å². The molecule has 162 valence electrons. The maximum Gasteiger partial charge on any atom is 0.387 e. The second-order valence-electron chi connectivity index (χ2n) is 6.09. The predicted molar refractivity (Wildman–Crippen MR) is 122 cm³/mol. The first-order chi connectivity index (χ1) is 14.0. The number of benzene rings is 2. The van der Waals surface area contributed by atoms with E-state index in [1.165, 1.54) is 6.07 Å². The van der Waals surface area contributed by atoms with Gasteiger partial charge >= 0.3 is 6.61 Å². The number of aliphatic imine (C=N–C) groups is 1. The van der Waals surface area contributed by atoms with Crippen molar-refractivity contribution in [3.8, 4) is 17.6 Å². The molecule has 0 unspecified atom stereocenters. The van der Waals surface area contributed by atoms with Crippen molar-refractivity contribution in [3.63, 3.8) is 0 Å². The first-order valence-electron chi connectivity index (χ1n) is 9.19. The molecule has 0 heterocycles. The van der Waals surface area contributed by atoms with Crippen LogP contribution in [0.3, 0.4) is 0 Å². The fourth-order valence-electron chi connectivity index (χ4n) is 2.53. The van der Waals surface area contributed by atoms with Crippen LogP contribution in [0.2, 0.25) is 0 Å². The molecule has 0 saturated heterocycles. The molecule has 0 atom stereocenters. The number of nitrogens with one attached hydrogen (secondary N) is 2. The Balaban J connectivity index is 0.00000450. The molecule has 2 rings (SSSR count). The first-order valence-corrected chi connectivity index (χ1v) is 9.19. The molecule has 0 saturated carbocycles. The van der Waals surface area contributed by atoms with Crippen LogP contribution in [-0.2, 0) is 13.1 Å². The van der Waals surface area contributed by atoms with Crippen LogP contribution in [0.15, 0.2) is 47.5 Å². The molecule has 9 heteroatoms. The van der Waals surface area contributed by atoms with E-state index in [1.807, 2.05) is 19.1 Å². The van der Waals surface area contributed by atoms with Crippen LogP contribution in [0.1, 0.15) is 30.0 Å². The average Bonchev–Trinajstić information content (AvgIpc) is 2.73. The van der Waals surface area contributed by atoms with E-state index in [4.69, 9.17) is 10.00 Å². The van der Waals surface area contributed by atoms with Crippen molar-refractivity contribution in [2.24, 2.45) is 4.99 Å². The summed E-state index contributed by atoms with van der Waals surface area (Å²) in [6.07, 6.45) is 0.813. The van der Waals surface area contributed by atoms with Gasteiger partial charge in [0.05, 0.1) is 18.2 Å². The Morgan fingerprint density at radius 1 is 1.17 bits per heavy atom. The molecule has 0 aliphatic rings. The highest BCUT2D eigenvalue weighted by Crippen LogP contribution is 2.26. The Kier molecular flexibility index (Phi) is 11.5. The topological polar surface area (TPSA) is 78.7 Å². The standard InChI is InChI=1S/C21H24F2N4O2.HI/c1-3-9-28-18-8-7-17(19(11-18)29-20(22)23)14-27-21(25-2)26-13-16-6-4-5-15(10-16)12-24;/h4-8,10-11,20H,3,9,13-14H2,1-2H3,(H2,25,26,27);1H. The van der Waals surface area contributed by atoms with E-state index in [9.17, 15) is 8.78 Å². The van der Waals surface area contributed by atoms with Gasteiger partial charge in [0.15, 0.2) is 5.96 Å². The van der Waals surface area contributed by atoms with Gasteiger partial charge in [-0.2, -0.15) is 14.0 Å². The maximum atomic E-state index is 12.8. The van der Waals surface area contributed by atoms with Crippen molar-refractivity contribution >= 4 is 29.9 Å². The molecule has 0 aliphatic heterocycles. The van der Waals surface area contributed by atoms with Gasteiger partial charge in [-0.05, 0) is 36.2 Å². The smallest absolute Gasteiger partial charge is 0.387 e. The van der Waals surface area contributed by atoms with Crippen LogP contribution in [0, 0.1) is 11.3 Å². The van der Waals surface area contributed by atoms with Crippen molar-refractivity contribution in [3.05, 3.63) is 59.2 Å². The number of nitrogens with zero attached hydrogens (tertiary/aromatic N) is 2. The third kappa shape index (κ3) is 8.41. The summed E-state index contributed by atoms with van der Waals surface area (Å²) in [5.41, 5.74) is 2.04. The van der Waals surface area contributed by atoms with Gasteiger partial charge in [0, 0.05) is 31.8 Å². The molecule has 0 bridgehead atoms. The average molecular weight is 530 g/mol. The Morgan fingerprint density at radius 3 is 2.60 bits per heavy atom. The van der Waals surface area contributed by atoms with Crippen LogP contribution < -0.4 is 20.1 Å². The lowest BCUT2D eigenvalue weighted by atomic mass is 10.1. The molecule has 0 spiro atoms. The Bertz CT molecular complexity index is 872.